The predicted octanol–water partition coefficient (Wildman–Crippen LogP) is 16.7. The molecule has 288 valence electrons. The van der Waals surface area contributed by atoms with Crippen LogP contribution in [0.1, 0.15) is 25.0 Å². The van der Waals surface area contributed by atoms with E-state index in [2.05, 4.69) is 231 Å². The largest absolute Gasteiger partial charge is 0.456 e. The van der Waals surface area contributed by atoms with Crippen LogP contribution in [0.15, 0.2) is 217 Å². The lowest BCUT2D eigenvalue weighted by Crippen LogP contribution is -2.16. The summed E-state index contributed by atoms with van der Waals surface area (Å²) in [6.45, 7) is 4.71. The first-order chi connectivity index (χ1) is 30.0. The van der Waals surface area contributed by atoms with Crippen molar-refractivity contribution in [1.29, 1.82) is 0 Å². The van der Waals surface area contributed by atoms with Gasteiger partial charge in [0, 0.05) is 38.8 Å². The van der Waals surface area contributed by atoms with Crippen LogP contribution >= 0.6 is 0 Å². The second-order valence-corrected chi connectivity index (χ2v) is 16.8. The average molecular weight is 780 g/mol. The fourth-order valence-corrected chi connectivity index (χ4v) is 10.1. The molecule has 2 heteroatoms. The zero-order valence-corrected chi connectivity index (χ0v) is 34.1. The molecule has 2 nitrogen and oxygen atoms in total. The van der Waals surface area contributed by atoms with Crippen LogP contribution in [0.2, 0.25) is 0 Å². The number of fused-ring (bicyclic) bond motifs is 9. The van der Waals surface area contributed by atoms with E-state index in [4.69, 9.17) is 4.42 Å². The van der Waals surface area contributed by atoms with E-state index in [9.17, 15) is 0 Å². The van der Waals surface area contributed by atoms with E-state index < -0.39 is 0 Å². The van der Waals surface area contributed by atoms with Gasteiger partial charge in [-0.3, -0.25) is 0 Å². The first kappa shape index (κ1) is 35.3. The van der Waals surface area contributed by atoms with E-state index in [0.29, 0.717) is 0 Å². The van der Waals surface area contributed by atoms with Gasteiger partial charge in [0.05, 0.1) is 0 Å². The van der Waals surface area contributed by atoms with Crippen LogP contribution in [-0.2, 0) is 5.41 Å². The molecule has 0 saturated carbocycles. The SMILES string of the molecule is CC1(C)c2ccccc2-c2ccc(N(c3ccc(-c4ccccc4)cc3)c3cccc(-c4ccc5oc6ccccc6c5c4-c4cc5ccccc5c5ccccc45)c3)cc21. The molecule has 0 atom stereocenters. The molecule has 1 heterocycles. The molecule has 61 heavy (non-hydrogen) atoms. The smallest absolute Gasteiger partial charge is 0.136 e. The minimum absolute atomic E-state index is 0.132. The summed E-state index contributed by atoms with van der Waals surface area (Å²) in [6, 6.07) is 77.5. The summed E-state index contributed by atoms with van der Waals surface area (Å²) in [5, 5.41) is 7.18. The number of rotatable bonds is 6. The van der Waals surface area contributed by atoms with Gasteiger partial charge in [0.15, 0.2) is 0 Å². The van der Waals surface area contributed by atoms with Gasteiger partial charge in [-0.05, 0) is 126 Å². The van der Waals surface area contributed by atoms with Crippen molar-refractivity contribution in [3.8, 4) is 44.5 Å². The molecule has 0 radical (unpaired) electrons. The summed E-state index contributed by atoms with van der Waals surface area (Å²) in [5.74, 6) is 0. The summed E-state index contributed by atoms with van der Waals surface area (Å²) >= 11 is 0. The summed E-state index contributed by atoms with van der Waals surface area (Å²) in [4.78, 5) is 2.43. The molecule has 11 aromatic rings. The third kappa shape index (κ3) is 5.56. The number of anilines is 3. The highest BCUT2D eigenvalue weighted by atomic mass is 16.3. The van der Waals surface area contributed by atoms with E-state index in [1.807, 2.05) is 0 Å². The number of nitrogens with zero attached hydrogens (tertiary/aromatic N) is 1. The number of furan rings is 1. The van der Waals surface area contributed by atoms with Crippen molar-refractivity contribution in [3.05, 3.63) is 223 Å². The molecule has 0 saturated heterocycles. The van der Waals surface area contributed by atoms with Gasteiger partial charge in [0.2, 0.25) is 0 Å². The van der Waals surface area contributed by atoms with Crippen molar-refractivity contribution in [3.63, 3.8) is 0 Å². The lowest BCUT2D eigenvalue weighted by molar-refractivity contribution is 0.660. The lowest BCUT2D eigenvalue weighted by Gasteiger charge is -2.29. The molecule has 1 aromatic heterocycles. The van der Waals surface area contributed by atoms with Gasteiger partial charge in [0.25, 0.3) is 0 Å². The van der Waals surface area contributed by atoms with E-state index in [1.54, 1.807) is 0 Å². The van der Waals surface area contributed by atoms with Gasteiger partial charge in [-0.15, -0.1) is 0 Å². The van der Waals surface area contributed by atoms with Gasteiger partial charge < -0.3 is 9.32 Å². The third-order valence-corrected chi connectivity index (χ3v) is 13.1. The van der Waals surface area contributed by atoms with Gasteiger partial charge >= 0.3 is 0 Å². The maximum Gasteiger partial charge on any atom is 0.136 e. The Kier molecular flexibility index (Phi) is 7.92. The molecule has 12 rings (SSSR count). The Morgan fingerprint density at radius 3 is 1.84 bits per heavy atom. The second-order valence-electron chi connectivity index (χ2n) is 16.8. The van der Waals surface area contributed by atoms with Gasteiger partial charge in [-0.1, -0.05) is 172 Å². The van der Waals surface area contributed by atoms with Crippen molar-refractivity contribution in [2.24, 2.45) is 0 Å². The Balaban J connectivity index is 1.09. The zero-order chi connectivity index (χ0) is 40.7. The second kappa shape index (κ2) is 13.7. The fourth-order valence-electron chi connectivity index (χ4n) is 10.1. The Morgan fingerprint density at radius 2 is 0.984 bits per heavy atom. The van der Waals surface area contributed by atoms with Crippen molar-refractivity contribution >= 4 is 60.5 Å². The molecule has 0 spiro atoms. The molecule has 10 aromatic carbocycles. The van der Waals surface area contributed by atoms with Crippen LogP contribution in [0.25, 0.3) is 88.0 Å². The summed E-state index contributed by atoms with van der Waals surface area (Å²) in [6.07, 6.45) is 0. The van der Waals surface area contributed by atoms with Gasteiger partial charge in [0.1, 0.15) is 11.2 Å². The topological polar surface area (TPSA) is 16.4 Å². The molecular formula is C59H41NO. The molecule has 1 aliphatic carbocycles. The highest BCUT2D eigenvalue weighted by Gasteiger charge is 2.36. The van der Waals surface area contributed by atoms with Crippen LogP contribution in [0.4, 0.5) is 17.1 Å². The molecule has 0 bridgehead atoms. The quantitative estimate of drug-likeness (QED) is 0.156. The van der Waals surface area contributed by atoms with Crippen LogP contribution in [0.5, 0.6) is 0 Å². The van der Waals surface area contributed by atoms with Crippen molar-refractivity contribution in [1.82, 2.24) is 0 Å². The molecule has 0 fully saturated rings. The lowest BCUT2D eigenvalue weighted by atomic mass is 9.82. The van der Waals surface area contributed by atoms with Crippen LogP contribution < -0.4 is 4.90 Å². The monoisotopic (exact) mass is 779 g/mol. The standard InChI is InChI=1S/C59H41NO/c1-59(2)53-25-12-10-23-49(53)50-32-31-44(37-54(50)59)60(42-29-27-39(28-30-42)38-15-4-3-5-16-38)43-19-14-18-40(35-43)46-33-34-56-58(51-24-11-13-26-55(51)61-56)57(46)52-36-41-17-6-7-20-45(41)47-21-8-9-22-48(47)52/h3-37H,1-2H3. The minimum atomic E-state index is -0.132. The van der Waals surface area contributed by atoms with Crippen LogP contribution in [0.3, 0.4) is 0 Å². The molecular weight excluding hydrogens is 739 g/mol. The average Bonchev–Trinajstić information content (AvgIpc) is 3.81. The Morgan fingerprint density at radius 1 is 0.361 bits per heavy atom. The Labute approximate surface area is 355 Å². The Bertz CT molecular complexity index is 3500. The van der Waals surface area contributed by atoms with E-state index in [1.165, 1.54) is 66.1 Å². The Hall–Kier alpha value is -7.68. The van der Waals surface area contributed by atoms with Crippen molar-refractivity contribution < 1.29 is 4.42 Å². The number of para-hydroxylation sites is 1. The predicted molar refractivity (Wildman–Crippen MR) is 257 cm³/mol. The fraction of sp³-hybridized carbons (Fsp3) is 0.0508. The highest BCUT2D eigenvalue weighted by Crippen LogP contribution is 2.52. The first-order valence-corrected chi connectivity index (χ1v) is 21.2. The number of hydrogen-bond acceptors (Lipinski definition) is 2. The summed E-state index contributed by atoms with van der Waals surface area (Å²) < 4.78 is 6.59. The third-order valence-electron chi connectivity index (χ3n) is 13.1. The number of hydrogen-bond donors (Lipinski definition) is 0. The maximum absolute atomic E-state index is 6.59. The van der Waals surface area contributed by atoms with Crippen LogP contribution in [-0.4, -0.2) is 0 Å². The maximum atomic E-state index is 6.59. The summed E-state index contributed by atoms with van der Waals surface area (Å²) in [5.41, 5.74) is 17.4. The van der Waals surface area contributed by atoms with E-state index in [0.717, 1.165) is 50.1 Å². The van der Waals surface area contributed by atoms with Crippen LogP contribution in [0, 0.1) is 0 Å². The van der Waals surface area contributed by atoms with E-state index >= 15 is 0 Å². The molecule has 0 aliphatic heterocycles. The minimum Gasteiger partial charge on any atom is -0.456 e. The van der Waals surface area contributed by atoms with Gasteiger partial charge in [-0.25, -0.2) is 0 Å². The van der Waals surface area contributed by atoms with E-state index in [-0.39, 0.29) is 5.41 Å². The zero-order valence-electron chi connectivity index (χ0n) is 34.1. The first-order valence-electron chi connectivity index (χ1n) is 21.2. The normalized spacial score (nSPS) is 12.9. The molecule has 1 aliphatic rings. The highest BCUT2D eigenvalue weighted by molar-refractivity contribution is 6.22. The molecule has 0 amide bonds. The van der Waals surface area contributed by atoms with Gasteiger partial charge in [-0.2, -0.15) is 0 Å². The van der Waals surface area contributed by atoms with Crippen molar-refractivity contribution in [2.45, 2.75) is 19.3 Å². The number of benzene rings is 10. The molecule has 0 unspecified atom stereocenters. The molecule has 0 N–H and O–H groups in total. The summed E-state index contributed by atoms with van der Waals surface area (Å²) in [7, 11) is 0. The van der Waals surface area contributed by atoms with Crippen molar-refractivity contribution in [2.75, 3.05) is 4.90 Å².